The highest BCUT2D eigenvalue weighted by Crippen LogP contribution is 2.20. The van der Waals surface area contributed by atoms with E-state index in [1.807, 2.05) is 42.5 Å². The molecule has 1 saturated heterocycles. The molecule has 1 aromatic heterocycles. The van der Waals surface area contributed by atoms with Gasteiger partial charge in [0.25, 0.3) is 0 Å². The molecule has 2 heterocycles. The summed E-state index contributed by atoms with van der Waals surface area (Å²) in [6.07, 6.45) is 0. The van der Waals surface area contributed by atoms with Gasteiger partial charge in [-0.05, 0) is 24.3 Å². The quantitative estimate of drug-likeness (QED) is 0.579. The highest BCUT2D eigenvalue weighted by molar-refractivity contribution is 5.53. The molecule has 0 aliphatic carbocycles. The fourth-order valence-electron chi connectivity index (χ4n) is 3.51. The minimum absolute atomic E-state index is 0.239. The van der Waals surface area contributed by atoms with Gasteiger partial charge in [0.2, 0.25) is 11.9 Å². The van der Waals surface area contributed by atoms with Gasteiger partial charge in [0.1, 0.15) is 12.3 Å². The van der Waals surface area contributed by atoms with Crippen LogP contribution in [0.5, 0.6) is 5.75 Å². The van der Waals surface area contributed by atoms with Crippen molar-refractivity contribution in [1.82, 2.24) is 15.0 Å². The number of piperazine rings is 1. The summed E-state index contributed by atoms with van der Waals surface area (Å²) in [5.74, 6) is 2.31. The van der Waals surface area contributed by atoms with Crippen molar-refractivity contribution in [2.45, 2.75) is 6.54 Å². The number of hydrogen-bond acceptors (Lipinski definition) is 7. The Bertz CT molecular complexity index is 943. The van der Waals surface area contributed by atoms with Crippen LogP contribution < -0.4 is 25.6 Å². The largest absolute Gasteiger partial charge is 0.497 e. The predicted octanol–water partition coefficient (Wildman–Crippen LogP) is 1.11. The van der Waals surface area contributed by atoms with E-state index in [-0.39, 0.29) is 5.95 Å². The van der Waals surface area contributed by atoms with Crippen molar-refractivity contribution in [3.63, 3.8) is 0 Å². The topological polar surface area (TPSA) is 93.6 Å². The number of para-hydroxylation sites is 1. The molecular weight excluding hydrogens is 366 g/mol. The zero-order valence-corrected chi connectivity index (χ0v) is 16.5. The molecule has 0 saturated carbocycles. The molecule has 150 valence electrons. The van der Waals surface area contributed by atoms with Crippen LogP contribution in [0, 0.1) is 0 Å². The first-order chi connectivity index (χ1) is 14.2. The van der Waals surface area contributed by atoms with Crippen LogP contribution in [-0.4, -0.2) is 48.2 Å². The Kier molecular flexibility index (Phi) is 5.71. The molecule has 0 amide bonds. The average molecular weight is 392 g/mol. The monoisotopic (exact) mass is 392 g/mol. The highest BCUT2D eigenvalue weighted by Gasteiger charge is 2.22. The minimum Gasteiger partial charge on any atom is -0.497 e. The highest BCUT2D eigenvalue weighted by atomic mass is 16.5. The standard InChI is InChI=1S/C21H25N7O/c1-29-18-9-5-8-17(14-18)28-12-10-27(11-13-28)15-19-24-20(22)26-21(25-19)23-16-6-3-2-4-7-16/h2-9,14H,10-13,15H2,1H3,(H3,22,23,24,25,26)/p+1. The predicted molar refractivity (Wildman–Crippen MR) is 114 cm³/mol. The van der Waals surface area contributed by atoms with Crippen molar-refractivity contribution < 1.29 is 9.64 Å². The maximum atomic E-state index is 5.91. The van der Waals surface area contributed by atoms with Crippen molar-refractivity contribution in [3.8, 4) is 5.75 Å². The maximum absolute atomic E-state index is 5.91. The summed E-state index contributed by atoms with van der Waals surface area (Å²) in [5, 5.41) is 3.19. The Morgan fingerprint density at radius 1 is 1.03 bits per heavy atom. The van der Waals surface area contributed by atoms with Crippen molar-refractivity contribution in [1.29, 1.82) is 0 Å². The summed E-state index contributed by atoms with van der Waals surface area (Å²) in [6, 6.07) is 18.0. The van der Waals surface area contributed by atoms with E-state index in [0.29, 0.717) is 11.8 Å². The molecule has 0 bridgehead atoms. The van der Waals surface area contributed by atoms with Crippen LogP contribution in [0.1, 0.15) is 5.82 Å². The molecule has 0 radical (unpaired) electrons. The lowest BCUT2D eigenvalue weighted by atomic mass is 10.2. The van der Waals surface area contributed by atoms with Crippen LogP contribution in [-0.2, 0) is 6.54 Å². The van der Waals surface area contributed by atoms with Crippen LogP contribution in [0.25, 0.3) is 0 Å². The Hall–Kier alpha value is -3.39. The molecule has 3 aromatic rings. The van der Waals surface area contributed by atoms with E-state index in [2.05, 4.69) is 37.3 Å². The number of aromatic nitrogens is 3. The third kappa shape index (κ3) is 4.91. The van der Waals surface area contributed by atoms with E-state index >= 15 is 0 Å². The van der Waals surface area contributed by atoms with Gasteiger partial charge in [0.15, 0.2) is 5.82 Å². The van der Waals surface area contributed by atoms with Crippen molar-refractivity contribution in [3.05, 3.63) is 60.4 Å². The number of methoxy groups -OCH3 is 1. The molecular formula is C21H26N7O+. The van der Waals surface area contributed by atoms with Crippen molar-refractivity contribution in [2.75, 3.05) is 49.2 Å². The maximum Gasteiger partial charge on any atom is 0.232 e. The van der Waals surface area contributed by atoms with Gasteiger partial charge in [-0.25, -0.2) is 0 Å². The van der Waals surface area contributed by atoms with Gasteiger partial charge >= 0.3 is 0 Å². The van der Waals surface area contributed by atoms with Gasteiger partial charge in [-0.3, -0.25) is 0 Å². The van der Waals surface area contributed by atoms with Gasteiger partial charge in [-0.2, -0.15) is 15.0 Å². The van der Waals surface area contributed by atoms with Crippen LogP contribution in [0.2, 0.25) is 0 Å². The van der Waals surface area contributed by atoms with E-state index in [9.17, 15) is 0 Å². The van der Waals surface area contributed by atoms with Gasteiger partial charge < -0.3 is 25.6 Å². The Morgan fingerprint density at radius 2 is 1.83 bits per heavy atom. The molecule has 0 atom stereocenters. The van der Waals surface area contributed by atoms with Crippen molar-refractivity contribution >= 4 is 23.3 Å². The molecule has 4 N–H and O–H groups in total. The molecule has 8 heteroatoms. The molecule has 29 heavy (non-hydrogen) atoms. The van der Waals surface area contributed by atoms with Gasteiger partial charge in [0.05, 0.1) is 33.3 Å². The SMILES string of the molecule is COc1cccc(N2CC[NH+](Cc3nc(N)nc(Nc4ccccc4)n3)CC2)c1. The van der Waals surface area contributed by atoms with Crippen LogP contribution in [0.4, 0.5) is 23.3 Å². The van der Waals surface area contributed by atoms with E-state index in [1.165, 1.54) is 10.6 Å². The normalized spacial score (nSPS) is 14.6. The number of nitrogen functional groups attached to an aromatic ring is 1. The van der Waals surface area contributed by atoms with Crippen molar-refractivity contribution in [2.24, 2.45) is 0 Å². The van der Waals surface area contributed by atoms with E-state index < -0.39 is 0 Å². The number of nitrogens with one attached hydrogen (secondary N) is 2. The number of ether oxygens (including phenoxy) is 1. The fourth-order valence-corrected chi connectivity index (χ4v) is 3.51. The second-order valence-corrected chi connectivity index (χ2v) is 7.04. The molecule has 0 spiro atoms. The third-order valence-corrected chi connectivity index (χ3v) is 5.03. The zero-order valence-electron chi connectivity index (χ0n) is 16.5. The summed E-state index contributed by atoms with van der Waals surface area (Å²) in [7, 11) is 1.70. The van der Waals surface area contributed by atoms with Crippen LogP contribution in [0.15, 0.2) is 54.6 Å². The lowest BCUT2D eigenvalue weighted by Crippen LogP contribution is -3.13. The summed E-state index contributed by atoms with van der Waals surface area (Å²) in [6.45, 7) is 4.67. The van der Waals surface area contributed by atoms with Gasteiger partial charge in [-0.15, -0.1) is 0 Å². The number of anilines is 4. The van der Waals surface area contributed by atoms with E-state index in [4.69, 9.17) is 10.5 Å². The first kappa shape index (κ1) is 18.9. The number of nitrogens with two attached hydrogens (primary N) is 1. The Morgan fingerprint density at radius 3 is 2.59 bits per heavy atom. The molecule has 8 nitrogen and oxygen atoms in total. The zero-order chi connectivity index (χ0) is 20.1. The second-order valence-electron chi connectivity index (χ2n) is 7.04. The number of rotatable bonds is 6. The first-order valence-electron chi connectivity index (χ1n) is 9.75. The number of benzene rings is 2. The Balaban J connectivity index is 1.37. The first-order valence-corrected chi connectivity index (χ1v) is 9.75. The summed E-state index contributed by atoms with van der Waals surface area (Å²) in [5.41, 5.74) is 8.03. The van der Waals surface area contributed by atoms with Gasteiger partial charge in [-0.1, -0.05) is 24.3 Å². The summed E-state index contributed by atoms with van der Waals surface area (Å²) < 4.78 is 5.34. The Labute approximate surface area is 170 Å². The number of hydrogen-bond donors (Lipinski definition) is 3. The summed E-state index contributed by atoms with van der Waals surface area (Å²) in [4.78, 5) is 16.9. The molecule has 0 unspecified atom stereocenters. The third-order valence-electron chi connectivity index (χ3n) is 5.03. The molecule has 2 aromatic carbocycles. The van der Waals surface area contributed by atoms with Gasteiger partial charge in [0, 0.05) is 17.4 Å². The average Bonchev–Trinajstić information content (AvgIpc) is 2.75. The molecule has 1 aliphatic rings. The number of nitrogens with zero attached hydrogens (tertiary/aromatic N) is 4. The summed E-state index contributed by atoms with van der Waals surface area (Å²) >= 11 is 0. The fraction of sp³-hybridized carbons (Fsp3) is 0.286. The van der Waals surface area contributed by atoms with E-state index in [1.54, 1.807) is 7.11 Å². The van der Waals surface area contributed by atoms with Crippen LogP contribution >= 0.6 is 0 Å². The second kappa shape index (κ2) is 8.74. The van der Waals surface area contributed by atoms with Crippen LogP contribution in [0.3, 0.4) is 0 Å². The van der Waals surface area contributed by atoms with E-state index in [0.717, 1.165) is 44.2 Å². The molecule has 1 fully saturated rings. The lowest BCUT2D eigenvalue weighted by molar-refractivity contribution is -0.915. The minimum atomic E-state index is 0.239. The molecule has 1 aliphatic heterocycles. The number of quaternary nitrogens is 1. The molecule has 4 rings (SSSR count). The smallest absolute Gasteiger partial charge is 0.232 e. The lowest BCUT2D eigenvalue weighted by Gasteiger charge is -2.33.